The van der Waals surface area contributed by atoms with E-state index in [0.717, 1.165) is 36.7 Å². The van der Waals surface area contributed by atoms with Crippen LogP contribution in [0.4, 0.5) is 5.82 Å². The molecular weight excluding hydrogens is 286 g/mol. The first kappa shape index (κ1) is 14.6. The van der Waals surface area contributed by atoms with Crippen molar-refractivity contribution in [1.82, 2.24) is 9.97 Å². The van der Waals surface area contributed by atoms with Crippen LogP contribution >= 0.6 is 0 Å². The SMILES string of the molecule is Cc1cc(NCC2(c3ccccc3)CC(O)C2)nc(C2CC2)n1. The van der Waals surface area contributed by atoms with Crippen molar-refractivity contribution < 1.29 is 5.11 Å². The normalized spacial score (nSPS) is 26.6. The molecule has 2 aliphatic carbocycles. The van der Waals surface area contributed by atoms with Gasteiger partial charge in [-0.1, -0.05) is 30.3 Å². The molecule has 0 atom stereocenters. The number of aliphatic hydroxyl groups excluding tert-OH is 1. The van der Waals surface area contributed by atoms with E-state index in [9.17, 15) is 5.11 Å². The number of nitrogens with zero attached hydrogens (tertiary/aromatic N) is 2. The Balaban J connectivity index is 1.53. The monoisotopic (exact) mass is 309 g/mol. The molecule has 23 heavy (non-hydrogen) atoms. The number of hydrogen-bond donors (Lipinski definition) is 2. The van der Waals surface area contributed by atoms with Crippen molar-refractivity contribution in [3.05, 3.63) is 53.5 Å². The van der Waals surface area contributed by atoms with Crippen molar-refractivity contribution in [3.63, 3.8) is 0 Å². The zero-order valence-electron chi connectivity index (χ0n) is 13.5. The van der Waals surface area contributed by atoms with Gasteiger partial charge in [0.2, 0.25) is 0 Å². The number of benzene rings is 1. The van der Waals surface area contributed by atoms with E-state index in [-0.39, 0.29) is 11.5 Å². The summed E-state index contributed by atoms with van der Waals surface area (Å²) in [4.78, 5) is 9.24. The second kappa shape index (κ2) is 5.60. The molecule has 0 radical (unpaired) electrons. The lowest BCUT2D eigenvalue weighted by molar-refractivity contribution is 0.0242. The first-order chi connectivity index (χ1) is 11.1. The number of rotatable bonds is 5. The van der Waals surface area contributed by atoms with Crippen LogP contribution in [0.15, 0.2) is 36.4 Å². The van der Waals surface area contributed by atoms with Crippen LogP contribution in [0.3, 0.4) is 0 Å². The summed E-state index contributed by atoms with van der Waals surface area (Å²) in [5, 5.41) is 13.4. The predicted molar refractivity (Wildman–Crippen MR) is 90.6 cm³/mol. The van der Waals surface area contributed by atoms with Crippen LogP contribution in [0.25, 0.3) is 0 Å². The van der Waals surface area contributed by atoms with E-state index in [0.29, 0.717) is 5.92 Å². The molecule has 2 N–H and O–H groups in total. The van der Waals surface area contributed by atoms with E-state index in [2.05, 4.69) is 39.6 Å². The number of anilines is 1. The van der Waals surface area contributed by atoms with Crippen LogP contribution in [0.2, 0.25) is 0 Å². The van der Waals surface area contributed by atoms with Gasteiger partial charge in [0.25, 0.3) is 0 Å². The molecule has 120 valence electrons. The Morgan fingerprint density at radius 1 is 1.17 bits per heavy atom. The number of hydrogen-bond acceptors (Lipinski definition) is 4. The lowest BCUT2D eigenvalue weighted by atomic mass is 9.62. The first-order valence-corrected chi connectivity index (χ1v) is 8.48. The minimum Gasteiger partial charge on any atom is -0.393 e. The highest BCUT2D eigenvalue weighted by atomic mass is 16.3. The van der Waals surface area contributed by atoms with Crippen LogP contribution < -0.4 is 5.32 Å². The molecule has 4 nitrogen and oxygen atoms in total. The summed E-state index contributed by atoms with van der Waals surface area (Å²) in [5.74, 6) is 2.45. The quantitative estimate of drug-likeness (QED) is 0.890. The summed E-state index contributed by atoms with van der Waals surface area (Å²) in [6, 6.07) is 12.5. The Bertz CT molecular complexity index is 691. The molecule has 0 spiro atoms. The summed E-state index contributed by atoms with van der Waals surface area (Å²) in [7, 11) is 0. The van der Waals surface area contributed by atoms with Crippen molar-refractivity contribution >= 4 is 5.82 Å². The average molecular weight is 309 g/mol. The molecule has 1 aromatic heterocycles. The molecule has 2 aliphatic rings. The van der Waals surface area contributed by atoms with Crippen LogP contribution in [0.1, 0.15) is 48.7 Å². The summed E-state index contributed by atoms with van der Waals surface area (Å²) >= 11 is 0. The van der Waals surface area contributed by atoms with E-state index in [1.54, 1.807) is 0 Å². The van der Waals surface area contributed by atoms with E-state index in [1.165, 1.54) is 18.4 Å². The van der Waals surface area contributed by atoms with Gasteiger partial charge in [0.1, 0.15) is 11.6 Å². The Morgan fingerprint density at radius 2 is 1.91 bits per heavy atom. The summed E-state index contributed by atoms with van der Waals surface area (Å²) in [5.41, 5.74) is 2.33. The fraction of sp³-hybridized carbons (Fsp3) is 0.474. The van der Waals surface area contributed by atoms with Gasteiger partial charge in [-0.25, -0.2) is 9.97 Å². The zero-order valence-corrected chi connectivity index (χ0v) is 13.5. The topological polar surface area (TPSA) is 58.0 Å². The lowest BCUT2D eigenvalue weighted by Gasteiger charge is -2.46. The van der Waals surface area contributed by atoms with Crippen molar-refractivity contribution in [2.24, 2.45) is 0 Å². The van der Waals surface area contributed by atoms with Crippen LogP contribution in [0.5, 0.6) is 0 Å². The molecule has 2 fully saturated rings. The van der Waals surface area contributed by atoms with Crippen LogP contribution in [-0.2, 0) is 5.41 Å². The highest BCUT2D eigenvalue weighted by Gasteiger charge is 2.44. The average Bonchev–Trinajstić information content (AvgIpc) is 3.35. The van der Waals surface area contributed by atoms with E-state index < -0.39 is 0 Å². The Morgan fingerprint density at radius 3 is 2.57 bits per heavy atom. The van der Waals surface area contributed by atoms with E-state index in [4.69, 9.17) is 0 Å². The molecule has 0 amide bonds. The molecule has 0 saturated heterocycles. The molecular formula is C19H23N3O. The van der Waals surface area contributed by atoms with Gasteiger partial charge >= 0.3 is 0 Å². The van der Waals surface area contributed by atoms with Gasteiger partial charge in [-0.05, 0) is 38.2 Å². The second-order valence-electron chi connectivity index (χ2n) is 7.09. The maximum absolute atomic E-state index is 9.86. The van der Waals surface area contributed by atoms with Gasteiger partial charge in [-0.2, -0.15) is 0 Å². The molecule has 0 bridgehead atoms. The highest BCUT2D eigenvalue weighted by molar-refractivity contribution is 5.40. The third-order valence-electron chi connectivity index (χ3n) is 5.06. The fourth-order valence-electron chi connectivity index (χ4n) is 3.58. The molecule has 4 rings (SSSR count). The molecule has 2 saturated carbocycles. The van der Waals surface area contributed by atoms with Crippen molar-refractivity contribution in [1.29, 1.82) is 0 Å². The Hall–Kier alpha value is -1.94. The van der Waals surface area contributed by atoms with Crippen molar-refractivity contribution in [3.8, 4) is 0 Å². The van der Waals surface area contributed by atoms with Crippen molar-refractivity contribution in [2.45, 2.75) is 50.0 Å². The molecule has 0 unspecified atom stereocenters. The number of aliphatic hydroxyl groups is 1. The maximum atomic E-state index is 9.86. The summed E-state index contributed by atoms with van der Waals surface area (Å²) in [6.45, 7) is 2.83. The predicted octanol–water partition coefficient (Wildman–Crippen LogP) is 3.17. The third kappa shape index (κ3) is 2.95. The van der Waals surface area contributed by atoms with Crippen LogP contribution in [0, 0.1) is 6.92 Å². The van der Waals surface area contributed by atoms with Gasteiger partial charge in [0, 0.05) is 29.6 Å². The van der Waals surface area contributed by atoms with Gasteiger partial charge in [0.15, 0.2) is 0 Å². The number of nitrogens with one attached hydrogen (secondary N) is 1. The molecule has 2 aromatic rings. The van der Waals surface area contributed by atoms with Gasteiger partial charge in [0.05, 0.1) is 6.10 Å². The van der Waals surface area contributed by atoms with E-state index in [1.807, 2.05) is 19.1 Å². The first-order valence-electron chi connectivity index (χ1n) is 8.48. The largest absolute Gasteiger partial charge is 0.393 e. The van der Waals surface area contributed by atoms with Crippen molar-refractivity contribution in [2.75, 3.05) is 11.9 Å². The zero-order chi connectivity index (χ0) is 15.9. The molecule has 0 aliphatic heterocycles. The van der Waals surface area contributed by atoms with Gasteiger partial charge < -0.3 is 10.4 Å². The minimum atomic E-state index is -0.189. The second-order valence-corrected chi connectivity index (χ2v) is 7.09. The third-order valence-corrected chi connectivity index (χ3v) is 5.06. The molecule has 4 heteroatoms. The minimum absolute atomic E-state index is 0.0132. The lowest BCUT2D eigenvalue weighted by Crippen LogP contribution is -2.49. The van der Waals surface area contributed by atoms with Crippen LogP contribution in [-0.4, -0.2) is 27.7 Å². The summed E-state index contributed by atoms with van der Waals surface area (Å²) in [6.07, 6.45) is 3.85. The number of aryl methyl sites for hydroxylation is 1. The van der Waals surface area contributed by atoms with Gasteiger partial charge in [-0.3, -0.25) is 0 Å². The van der Waals surface area contributed by atoms with Gasteiger partial charge in [-0.15, -0.1) is 0 Å². The fourth-order valence-corrected chi connectivity index (χ4v) is 3.58. The number of aromatic nitrogens is 2. The maximum Gasteiger partial charge on any atom is 0.134 e. The Labute approximate surface area is 137 Å². The standard InChI is InChI=1S/C19H23N3O/c1-13-9-17(22-18(21-13)14-7-8-14)20-12-19(10-16(23)11-19)15-5-3-2-4-6-15/h2-6,9,14,16,23H,7-8,10-12H2,1H3,(H,20,21,22). The summed E-state index contributed by atoms with van der Waals surface area (Å²) < 4.78 is 0. The highest BCUT2D eigenvalue weighted by Crippen LogP contribution is 2.44. The molecule has 1 heterocycles. The smallest absolute Gasteiger partial charge is 0.134 e. The van der Waals surface area contributed by atoms with E-state index >= 15 is 0 Å². The Kier molecular flexibility index (Phi) is 3.57. The molecule has 1 aromatic carbocycles.